The van der Waals surface area contributed by atoms with Gasteiger partial charge in [-0.1, -0.05) is 13.0 Å². The summed E-state index contributed by atoms with van der Waals surface area (Å²) in [5.74, 6) is 0. The summed E-state index contributed by atoms with van der Waals surface area (Å²) in [4.78, 5) is 5.67. The number of allylic oxidation sites excluding steroid dienone is 1. The van der Waals surface area contributed by atoms with Crippen LogP contribution in [0.15, 0.2) is 18.9 Å². The number of hydrogen-bond donors (Lipinski definition) is 1. The van der Waals surface area contributed by atoms with Crippen LogP contribution in [0, 0.1) is 6.92 Å². The van der Waals surface area contributed by atoms with Gasteiger partial charge in [0.25, 0.3) is 0 Å². The van der Waals surface area contributed by atoms with Gasteiger partial charge >= 0.3 is 0 Å². The van der Waals surface area contributed by atoms with Crippen LogP contribution in [0.4, 0.5) is 0 Å². The van der Waals surface area contributed by atoms with Gasteiger partial charge in [0, 0.05) is 17.1 Å². The molecule has 0 bridgehead atoms. The van der Waals surface area contributed by atoms with E-state index in [4.69, 9.17) is 0 Å². The SMILES string of the molecule is C=CCCCC(NCC)c1cnc(C)s1. The number of thiazole rings is 1. The molecule has 1 N–H and O–H groups in total. The van der Waals surface area contributed by atoms with Crippen LogP contribution in [0.25, 0.3) is 0 Å². The fourth-order valence-electron chi connectivity index (χ4n) is 1.60. The van der Waals surface area contributed by atoms with Crippen molar-refractivity contribution >= 4 is 11.3 Å². The lowest BCUT2D eigenvalue weighted by Crippen LogP contribution is -2.19. The van der Waals surface area contributed by atoms with Crippen LogP contribution in [0.3, 0.4) is 0 Å². The molecule has 0 aliphatic rings. The van der Waals surface area contributed by atoms with Crippen molar-refractivity contribution in [2.24, 2.45) is 0 Å². The first-order valence-electron chi connectivity index (χ1n) is 5.54. The third kappa shape index (κ3) is 4.14. The number of nitrogens with one attached hydrogen (secondary N) is 1. The maximum atomic E-state index is 4.31. The summed E-state index contributed by atoms with van der Waals surface area (Å²) in [5, 5.41) is 4.66. The quantitative estimate of drug-likeness (QED) is 0.567. The number of nitrogens with zero attached hydrogens (tertiary/aromatic N) is 1. The molecular formula is C12H20N2S. The van der Waals surface area contributed by atoms with E-state index >= 15 is 0 Å². The zero-order chi connectivity index (χ0) is 11.1. The summed E-state index contributed by atoms with van der Waals surface area (Å²) in [7, 11) is 0. The van der Waals surface area contributed by atoms with Crippen LogP contribution in [-0.4, -0.2) is 11.5 Å². The molecule has 1 rings (SSSR count). The van der Waals surface area contributed by atoms with Gasteiger partial charge in [-0.3, -0.25) is 0 Å². The second-order valence-corrected chi connectivity index (χ2v) is 4.88. The number of rotatable bonds is 7. The lowest BCUT2D eigenvalue weighted by molar-refractivity contribution is 0.506. The second-order valence-electron chi connectivity index (χ2n) is 3.61. The Labute approximate surface area is 96.4 Å². The smallest absolute Gasteiger partial charge is 0.0897 e. The minimum absolute atomic E-state index is 0.473. The first kappa shape index (κ1) is 12.4. The van der Waals surface area contributed by atoms with Gasteiger partial charge in [0.2, 0.25) is 0 Å². The molecule has 1 heterocycles. The van der Waals surface area contributed by atoms with Gasteiger partial charge in [-0.2, -0.15) is 0 Å². The highest BCUT2D eigenvalue weighted by Gasteiger charge is 2.11. The van der Waals surface area contributed by atoms with Crippen molar-refractivity contribution in [1.29, 1.82) is 0 Å². The summed E-state index contributed by atoms with van der Waals surface area (Å²) in [6.45, 7) is 8.96. The molecule has 84 valence electrons. The zero-order valence-corrected chi connectivity index (χ0v) is 10.4. The Bertz CT molecular complexity index is 294. The fourth-order valence-corrected chi connectivity index (χ4v) is 2.49. The molecule has 0 aliphatic carbocycles. The predicted molar refractivity (Wildman–Crippen MR) is 67.3 cm³/mol. The Morgan fingerprint density at radius 1 is 1.67 bits per heavy atom. The van der Waals surface area contributed by atoms with E-state index in [1.807, 2.05) is 12.3 Å². The summed E-state index contributed by atoms with van der Waals surface area (Å²) in [6.07, 6.45) is 7.45. The van der Waals surface area contributed by atoms with Crippen LogP contribution in [0.5, 0.6) is 0 Å². The highest BCUT2D eigenvalue weighted by Crippen LogP contribution is 2.24. The van der Waals surface area contributed by atoms with Crippen molar-refractivity contribution in [3.05, 3.63) is 28.7 Å². The monoisotopic (exact) mass is 224 g/mol. The van der Waals surface area contributed by atoms with Crippen molar-refractivity contribution in [2.75, 3.05) is 6.54 Å². The van der Waals surface area contributed by atoms with E-state index in [1.54, 1.807) is 11.3 Å². The molecule has 2 nitrogen and oxygen atoms in total. The lowest BCUT2D eigenvalue weighted by atomic mass is 10.1. The van der Waals surface area contributed by atoms with E-state index in [9.17, 15) is 0 Å². The first-order valence-corrected chi connectivity index (χ1v) is 6.36. The van der Waals surface area contributed by atoms with Gasteiger partial charge < -0.3 is 5.32 Å². The Kier molecular flexibility index (Phi) is 5.58. The van der Waals surface area contributed by atoms with Crippen molar-refractivity contribution in [2.45, 2.75) is 39.2 Å². The molecule has 0 aromatic carbocycles. The van der Waals surface area contributed by atoms with Crippen LogP contribution >= 0.6 is 11.3 Å². The highest BCUT2D eigenvalue weighted by atomic mass is 32.1. The summed E-state index contributed by atoms with van der Waals surface area (Å²) < 4.78 is 0. The maximum absolute atomic E-state index is 4.31. The fraction of sp³-hybridized carbons (Fsp3) is 0.583. The van der Waals surface area contributed by atoms with E-state index in [0.29, 0.717) is 6.04 Å². The van der Waals surface area contributed by atoms with Crippen LogP contribution in [0.2, 0.25) is 0 Å². The Morgan fingerprint density at radius 3 is 3.00 bits per heavy atom. The normalized spacial score (nSPS) is 12.7. The first-order chi connectivity index (χ1) is 7.27. The standard InChI is InChI=1S/C12H20N2S/c1-4-6-7-8-11(13-5-2)12-9-14-10(3)15-12/h4,9,11,13H,1,5-8H2,2-3H3. The van der Waals surface area contributed by atoms with Gasteiger partial charge in [0.05, 0.1) is 5.01 Å². The van der Waals surface area contributed by atoms with Crippen molar-refractivity contribution in [1.82, 2.24) is 10.3 Å². The Balaban J connectivity index is 2.52. The molecule has 0 radical (unpaired) electrons. The summed E-state index contributed by atoms with van der Waals surface area (Å²) in [5.41, 5.74) is 0. The number of aromatic nitrogens is 1. The molecule has 0 saturated carbocycles. The van der Waals surface area contributed by atoms with Crippen molar-refractivity contribution < 1.29 is 0 Å². The Morgan fingerprint density at radius 2 is 2.47 bits per heavy atom. The highest BCUT2D eigenvalue weighted by molar-refractivity contribution is 7.11. The minimum atomic E-state index is 0.473. The second kappa shape index (κ2) is 6.75. The molecule has 0 aliphatic heterocycles. The number of aryl methyl sites for hydroxylation is 1. The molecule has 0 spiro atoms. The van der Waals surface area contributed by atoms with E-state index in [2.05, 4.69) is 30.7 Å². The van der Waals surface area contributed by atoms with Crippen LogP contribution < -0.4 is 5.32 Å². The van der Waals surface area contributed by atoms with E-state index < -0.39 is 0 Å². The van der Waals surface area contributed by atoms with Crippen molar-refractivity contribution in [3.63, 3.8) is 0 Å². The lowest BCUT2D eigenvalue weighted by Gasteiger charge is -2.15. The van der Waals surface area contributed by atoms with Gasteiger partial charge in [0.1, 0.15) is 0 Å². The van der Waals surface area contributed by atoms with Crippen LogP contribution in [0.1, 0.15) is 42.1 Å². The largest absolute Gasteiger partial charge is 0.309 e. The molecular weight excluding hydrogens is 204 g/mol. The average molecular weight is 224 g/mol. The van der Waals surface area contributed by atoms with Gasteiger partial charge in [-0.15, -0.1) is 17.9 Å². The van der Waals surface area contributed by atoms with Crippen molar-refractivity contribution in [3.8, 4) is 0 Å². The topological polar surface area (TPSA) is 24.9 Å². The molecule has 15 heavy (non-hydrogen) atoms. The molecule has 1 aromatic rings. The Hall–Kier alpha value is -0.670. The molecule has 0 amide bonds. The molecule has 1 aromatic heterocycles. The molecule has 1 atom stereocenters. The number of unbranched alkanes of at least 4 members (excludes halogenated alkanes) is 1. The molecule has 1 unspecified atom stereocenters. The third-order valence-corrected chi connectivity index (χ3v) is 3.36. The number of hydrogen-bond acceptors (Lipinski definition) is 3. The summed E-state index contributed by atoms with van der Waals surface area (Å²) >= 11 is 1.79. The maximum Gasteiger partial charge on any atom is 0.0897 e. The summed E-state index contributed by atoms with van der Waals surface area (Å²) in [6, 6.07) is 0.473. The molecule has 0 fully saturated rings. The molecule has 0 saturated heterocycles. The van der Waals surface area contributed by atoms with Gasteiger partial charge in [-0.25, -0.2) is 4.98 Å². The average Bonchev–Trinajstić information content (AvgIpc) is 2.64. The van der Waals surface area contributed by atoms with E-state index in [1.165, 1.54) is 17.7 Å². The minimum Gasteiger partial charge on any atom is -0.309 e. The van der Waals surface area contributed by atoms with E-state index in [0.717, 1.165) is 18.0 Å². The van der Waals surface area contributed by atoms with Gasteiger partial charge in [0.15, 0.2) is 0 Å². The third-order valence-electron chi connectivity index (χ3n) is 2.33. The predicted octanol–water partition coefficient (Wildman–Crippen LogP) is 3.46. The van der Waals surface area contributed by atoms with E-state index in [-0.39, 0.29) is 0 Å². The zero-order valence-electron chi connectivity index (χ0n) is 9.62. The molecule has 3 heteroatoms. The van der Waals surface area contributed by atoms with Crippen LogP contribution in [-0.2, 0) is 0 Å². The van der Waals surface area contributed by atoms with Gasteiger partial charge in [-0.05, 0) is 32.7 Å².